The fourth-order valence-electron chi connectivity index (χ4n) is 2.77. The summed E-state index contributed by atoms with van der Waals surface area (Å²) in [6.45, 7) is 9.69. The number of morpholine rings is 1. The molecule has 1 aliphatic heterocycles. The van der Waals surface area contributed by atoms with Crippen LogP contribution in [0.25, 0.3) is 0 Å². The molecule has 0 radical (unpaired) electrons. The Morgan fingerprint density at radius 1 is 1.45 bits per heavy atom. The molecule has 2 heterocycles. The van der Waals surface area contributed by atoms with E-state index in [1.54, 1.807) is 13.8 Å². The summed E-state index contributed by atoms with van der Waals surface area (Å²) in [5.41, 5.74) is 0.651. The van der Waals surface area contributed by atoms with Gasteiger partial charge < -0.3 is 14.5 Å². The largest absolute Gasteiger partial charge is 0.427 e. The van der Waals surface area contributed by atoms with Gasteiger partial charge in [0.25, 0.3) is 5.91 Å². The lowest BCUT2D eigenvalue weighted by Gasteiger charge is -2.32. The van der Waals surface area contributed by atoms with Gasteiger partial charge in [-0.25, -0.2) is 4.79 Å². The van der Waals surface area contributed by atoms with Gasteiger partial charge in [0.15, 0.2) is 0 Å². The van der Waals surface area contributed by atoms with Gasteiger partial charge >= 0.3 is 5.63 Å². The Bertz CT molecular complexity index is 556. The number of carbonyl (C=O) groups is 1. The minimum atomic E-state index is -0.429. The maximum atomic E-state index is 12.2. The van der Waals surface area contributed by atoms with Crippen LogP contribution in [-0.4, -0.2) is 49.7 Å². The molecule has 0 unspecified atom stereocenters. The summed E-state index contributed by atoms with van der Waals surface area (Å²) in [5, 5.41) is 2.88. The van der Waals surface area contributed by atoms with Crippen molar-refractivity contribution in [2.45, 2.75) is 33.3 Å². The van der Waals surface area contributed by atoms with Gasteiger partial charge in [-0.15, -0.1) is 0 Å². The highest BCUT2D eigenvalue weighted by Crippen LogP contribution is 2.11. The third kappa shape index (κ3) is 4.18. The van der Waals surface area contributed by atoms with Crippen LogP contribution in [-0.2, 0) is 4.74 Å². The summed E-state index contributed by atoms with van der Waals surface area (Å²) in [4.78, 5) is 25.8. The molecule has 1 saturated heterocycles. The lowest BCUT2D eigenvalue weighted by Crippen LogP contribution is -2.43. The van der Waals surface area contributed by atoms with Gasteiger partial charge in [0.1, 0.15) is 5.76 Å². The van der Waals surface area contributed by atoms with Gasteiger partial charge in [-0.2, -0.15) is 0 Å². The van der Waals surface area contributed by atoms with Crippen molar-refractivity contribution in [2.24, 2.45) is 0 Å². The van der Waals surface area contributed by atoms with E-state index >= 15 is 0 Å². The van der Waals surface area contributed by atoms with Crippen molar-refractivity contribution >= 4 is 5.91 Å². The molecule has 2 rings (SSSR count). The molecule has 0 bridgehead atoms. The quantitative estimate of drug-likeness (QED) is 0.882. The van der Waals surface area contributed by atoms with Crippen molar-refractivity contribution in [1.29, 1.82) is 0 Å². The molecule has 1 atom stereocenters. The van der Waals surface area contributed by atoms with Gasteiger partial charge in [-0.3, -0.25) is 9.69 Å². The summed E-state index contributed by atoms with van der Waals surface area (Å²) in [7, 11) is 0. The molecule has 1 fully saturated rings. The highest BCUT2D eigenvalue weighted by Gasteiger charge is 2.20. The number of amides is 1. The monoisotopic (exact) mass is 308 g/mol. The molecular formula is C16H24N2O4. The van der Waals surface area contributed by atoms with Crippen LogP contribution in [0.2, 0.25) is 0 Å². The highest BCUT2D eigenvalue weighted by atomic mass is 16.5. The SMILES string of the molecule is CCN1CCO[C@@H](CCNC(=O)c2c(C)cc(=O)oc2C)C1. The summed E-state index contributed by atoms with van der Waals surface area (Å²) in [5.74, 6) is 0.149. The van der Waals surface area contributed by atoms with E-state index in [4.69, 9.17) is 9.15 Å². The molecule has 1 aromatic heterocycles. The van der Waals surface area contributed by atoms with Crippen molar-refractivity contribution in [3.8, 4) is 0 Å². The van der Waals surface area contributed by atoms with Crippen LogP contribution in [0.3, 0.4) is 0 Å². The Labute approximate surface area is 130 Å². The van der Waals surface area contributed by atoms with Gasteiger partial charge in [-0.05, 0) is 32.4 Å². The van der Waals surface area contributed by atoms with Crippen molar-refractivity contribution in [1.82, 2.24) is 10.2 Å². The average Bonchev–Trinajstić information content (AvgIpc) is 2.46. The Hall–Kier alpha value is -1.66. The molecule has 0 saturated carbocycles. The van der Waals surface area contributed by atoms with Gasteiger partial charge in [0.05, 0.1) is 18.3 Å². The third-order valence-electron chi connectivity index (χ3n) is 3.98. The maximum Gasteiger partial charge on any atom is 0.336 e. The van der Waals surface area contributed by atoms with E-state index in [1.165, 1.54) is 6.07 Å². The van der Waals surface area contributed by atoms with E-state index < -0.39 is 5.63 Å². The Morgan fingerprint density at radius 3 is 2.91 bits per heavy atom. The summed E-state index contributed by atoms with van der Waals surface area (Å²) in [6, 6.07) is 1.34. The zero-order valence-corrected chi connectivity index (χ0v) is 13.5. The second-order valence-corrected chi connectivity index (χ2v) is 5.61. The molecule has 1 N–H and O–H groups in total. The number of hydrogen-bond donors (Lipinski definition) is 1. The molecule has 1 amide bonds. The Kier molecular flexibility index (Phi) is 5.74. The predicted octanol–water partition coefficient (Wildman–Crippen LogP) is 1.10. The first-order chi connectivity index (χ1) is 10.5. The van der Waals surface area contributed by atoms with Crippen molar-refractivity contribution in [3.05, 3.63) is 33.4 Å². The van der Waals surface area contributed by atoms with E-state index in [1.807, 2.05) is 0 Å². The minimum Gasteiger partial charge on any atom is -0.427 e. The lowest BCUT2D eigenvalue weighted by atomic mass is 10.1. The van der Waals surface area contributed by atoms with Crippen LogP contribution < -0.4 is 10.9 Å². The molecule has 22 heavy (non-hydrogen) atoms. The first-order valence-corrected chi connectivity index (χ1v) is 7.74. The molecule has 6 nitrogen and oxygen atoms in total. The number of carbonyl (C=O) groups excluding carboxylic acids is 1. The minimum absolute atomic E-state index is 0.157. The number of nitrogens with one attached hydrogen (secondary N) is 1. The standard InChI is InChI=1S/C16H24N2O4/c1-4-18-7-8-21-13(10-18)5-6-17-16(20)15-11(2)9-14(19)22-12(15)3/h9,13H,4-8,10H2,1-3H3,(H,17,20)/t13-/m0/s1. The smallest absolute Gasteiger partial charge is 0.336 e. The van der Waals surface area contributed by atoms with Crippen molar-refractivity contribution in [2.75, 3.05) is 32.8 Å². The van der Waals surface area contributed by atoms with Gasteiger partial charge in [-0.1, -0.05) is 6.92 Å². The molecule has 0 aliphatic carbocycles. The average molecular weight is 308 g/mol. The summed E-state index contributed by atoms with van der Waals surface area (Å²) < 4.78 is 10.7. The van der Waals surface area contributed by atoms with E-state index in [9.17, 15) is 9.59 Å². The van der Waals surface area contributed by atoms with E-state index in [0.29, 0.717) is 23.4 Å². The van der Waals surface area contributed by atoms with Crippen molar-refractivity contribution in [3.63, 3.8) is 0 Å². The first-order valence-electron chi connectivity index (χ1n) is 7.74. The van der Waals surface area contributed by atoms with Crippen LogP contribution >= 0.6 is 0 Å². The molecule has 0 spiro atoms. The van der Waals surface area contributed by atoms with Crippen LogP contribution in [0.15, 0.2) is 15.3 Å². The molecular weight excluding hydrogens is 284 g/mol. The Morgan fingerprint density at radius 2 is 2.23 bits per heavy atom. The normalized spacial score (nSPS) is 19.1. The molecule has 0 aromatic carbocycles. The van der Waals surface area contributed by atoms with Crippen LogP contribution in [0, 0.1) is 13.8 Å². The zero-order chi connectivity index (χ0) is 16.1. The number of nitrogens with zero attached hydrogens (tertiary/aromatic N) is 1. The second-order valence-electron chi connectivity index (χ2n) is 5.61. The van der Waals surface area contributed by atoms with E-state index in [-0.39, 0.29) is 12.0 Å². The number of ether oxygens (including phenoxy) is 1. The summed E-state index contributed by atoms with van der Waals surface area (Å²) >= 11 is 0. The van der Waals surface area contributed by atoms with Crippen LogP contribution in [0.1, 0.15) is 35.0 Å². The fourth-order valence-corrected chi connectivity index (χ4v) is 2.77. The molecule has 122 valence electrons. The van der Waals surface area contributed by atoms with E-state index in [0.717, 1.165) is 32.7 Å². The highest BCUT2D eigenvalue weighted by molar-refractivity contribution is 5.96. The summed E-state index contributed by atoms with van der Waals surface area (Å²) in [6.07, 6.45) is 0.932. The zero-order valence-electron chi connectivity index (χ0n) is 13.5. The molecule has 6 heteroatoms. The van der Waals surface area contributed by atoms with Crippen LogP contribution in [0.5, 0.6) is 0 Å². The fraction of sp³-hybridized carbons (Fsp3) is 0.625. The maximum absolute atomic E-state index is 12.2. The van der Waals surface area contributed by atoms with Gasteiger partial charge in [0.2, 0.25) is 0 Å². The number of rotatable bonds is 5. The Balaban J connectivity index is 1.87. The molecule has 1 aromatic rings. The first kappa shape index (κ1) is 16.7. The number of hydrogen-bond acceptors (Lipinski definition) is 5. The number of likely N-dealkylation sites (N-methyl/N-ethyl adjacent to an activating group) is 1. The number of aryl methyl sites for hydroxylation is 2. The van der Waals surface area contributed by atoms with Crippen molar-refractivity contribution < 1.29 is 13.9 Å². The predicted molar refractivity (Wildman–Crippen MR) is 83.3 cm³/mol. The van der Waals surface area contributed by atoms with Crippen LogP contribution in [0.4, 0.5) is 0 Å². The second kappa shape index (κ2) is 7.56. The topological polar surface area (TPSA) is 71.8 Å². The van der Waals surface area contributed by atoms with E-state index in [2.05, 4.69) is 17.1 Å². The lowest BCUT2D eigenvalue weighted by molar-refractivity contribution is -0.0296. The van der Waals surface area contributed by atoms with Gasteiger partial charge in [0, 0.05) is 25.7 Å². The third-order valence-corrected chi connectivity index (χ3v) is 3.98. The molecule has 1 aliphatic rings.